The number of amides is 1. The van der Waals surface area contributed by atoms with Crippen molar-refractivity contribution in [2.75, 3.05) is 16.2 Å². The second-order valence-electron chi connectivity index (χ2n) is 7.72. The fraction of sp³-hybridized carbons (Fsp3) is 0.130. The van der Waals surface area contributed by atoms with Crippen LogP contribution in [0.25, 0.3) is 11.0 Å². The summed E-state index contributed by atoms with van der Waals surface area (Å²) >= 11 is 0. The number of nitrogens with one attached hydrogen (secondary N) is 1. The van der Waals surface area contributed by atoms with Gasteiger partial charge in [0.2, 0.25) is 5.95 Å². The molecule has 0 fully saturated rings. The molecule has 4 aromatic rings. The van der Waals surface area contributed by atoms with E-state index in [0.29, 0.717) is 25.1 Å². The third-order valence-electron chi connectivity index (χ3n) is 5.50. The second-order valence-corrected chi connectivity index (χ2v) is 9.40. The normalized spacial score (nSPS) is 13.8. The number of aromatic nitrogens is 2. The SMILES string of the molecule is O=C(c1cccc(S(=O)(=O)Nc2cccc(C(F)(F)F)c2)c1)N1CCn2c1nc1ccccc12. The number of carbonyl (C=O) groups is 1. The van der Waals surface area contributed by atoms with Crippen molar-refractivity contribution in [3.63, 3.8) is 0 Å². The van der Waals surface area contributed by atoms with Gasteiger partial charge in [-0.1, -0.05) is 24.3 Å². The van der Waals surface area contributed by atoms with Crippen LogP contribution in [0.1, 0.15) is 15.9 Å². The van der Waals surface area contributed by atoms with Crippen molar-refractivity contribution in [1.82, 2.24) is 9.55 Å². The van der Waals surface area contributed by atoms with Crippen molar-refractivity contribution in [2.24, 2.45) is 0 Å². The molecule has 34 heavy (non-hydrogen) atoms. The van der Waals surface area contributed by atoms with E-state index < -0.39 is 27.7 Å². The summed E-state index contributed by atoms with van der Waals surface area (Å²) in [5, 5.41) is 0. The molecule has 174 valence electrons. The third kappa shape index (κ3) is 3.87. The van der Waals surface area contributed by atoms with E-state index >= 15 is 0 Å². The van der Waals surface area contributed by atoms with Crippen LogP contribution in [0.3, 0.4) is 0 Å². The van der Waals surface area contributed by atoms with Crippen molar-refractivity contribution in [1.29, 1.82) is 0 Å². The van der Waals surface area contributed by atoms with Crippen molar-refractivity contribution >= 4 is 38.6 Å². The van der Waals surface area contributed by atoms with Crippen LogP contribution in [-0.4, -0.2) is 30.4 Å². The molecule has 0 aliphatic carbocycles. The minimum atomic E-state index is -4.61. The summed E-state index contributed by atoms with van der Waals surface area (Å²) in [6.45, 7) is 0.933. The number of hydrogen-bond donors (Lipinski definition) is 1. The second kappa shape index (κ2) is 7.87. The highest BCUT2D eigenvalue weighted by Gasteiger charge is 2.31. The number of benzene rings is 3. The highest BCUT2D eigenvalue weighted by Crippen LogP contribution is 2.32. The molecule has 1 aliphatic rings. The molecule has 1 aromatic heterocycles. The van der Waals surface area contributed by atoms with Crippen LogP contribution in [0.2, 0.25) is 0 Å². The largest absolute Gasteiger partial charge is 0.416 e. The van der Waals surface area contributed by atoms with E-state index in [2.05, 4.69) is 9.71 Å². The molecule has 1 aliphatic heterocycles. The fourth-order valence-corrected chi connectivity index (χ4v) is 5.00. The van der Waals surface area contributed by atoms with Gasteiger partial charge in [0.25, 0.3) is 15.9 Å². The summed E-state index contributed by atoms with van der Waals surface area (Å²) in [5.74, 6) is 0.0479. The first-order valence-corrected chi connectivity index (χ1v) is 11.7. The van der Waals surface area contributed by atoms with Gasteiger partial charge in [0.1, 0.15) is 0 Å². The summed E-state index contributed by atoms with van der Waals surface area (Å²) in [6.07, 6.45) is -4.61. The molecule has 3 aromatic carbocycles. The van der Waals surface area contributed by atoms with Gasteiger partial charge in [-0.2, -0.15) is 13.2 Å². The molecule has 1 N–H and O–H groups in total. The number of fused-ring (bicyclic) bond motifs is 3. The number of alkyl halides is 3. The monoisotopic (exact) mass is 486 g/mol. The molecule has 7 nitrogen and oxygen atoms in total. The molecule has 5 rings (SSSR count). The van der Waals surface area contributed by atoms with E-state index in [4.69, 9.17) is 0 Å². The van der Waals surface area contributed by atoms with Crippen molar-refractivity contribution in [2.45, 2.75) is 17.6 Å². The lowest BCUT2D eigenvalue weighted by Gasteiger charge is -2.15. The van der Waals surface area contributed by atoms with Gasteiger partial charge in [-0.15, -0.1) is 0 Å². The molecule has 2 heterocycles. The molecule has 0 bridgehead atoms. The number of hydrogen-bond acceptors (Lipinski definition) is 4. The van der Waals surface area contributed by atoms with Crippen molar-refractivity contribution in [3.8, 4) is 0 Å². The molecule has 1 amide bonds. The highest BCUT2D eigenvalue weighted by atomic mass is 32.2. The zero-order valence-electron chi connectivity index (χ0n) is 17.5. The van der Waals surface area contributed by atoms with Gasteiger partial charge in [0.15, 0.2) is 0 Å². The van der Waals surface area contributed by atoms with Gasteiger partial charge in [0, 0.05) is 24.3 Å². The summed E-state index contributed by atoms with van der Waals surface area (Å²) < 4.78 is 68.6. The minimum absolute atomic E-state index is 0.118. The van der Waals surface area contributed by atoms with Gasteiger partial charge < -0.3 is 4.57 Å². The molecule has 0 saturated carbocycles. The first-order chi connectivity index (χ1) is 16.1. The highest BCUT2D eigenvalue weighted by molar-refractivity contribution is 7.92. The third-order valence-corrected chi connectivity index (χ3v) is 6.88. The topological polar surface area (TPSA) is 84.3 Å². The minimum Gasteiger partial charge on any atom is -0.308 e. The van der Waals surface area contributed by atoms with Gasteiger partial charge in [-0.25, -0.2) is 13.4 Å². The number of para-hydroxylation sites is 2. The Morgan fingerprint density at radius 2 is 1.71 bits per heavy atom. The Morgan fingerprint density at radius 3 is 2.50 bits per heavy atom. The van der Waals surface area contributed by atoms with E-state index in [1.807, 2.05) is 28.8 Å². The molecular formula is C23H17F3N4O3S. The van der Waals surface area contributed by atoms with E-state index in [1.54, 1.807) is 0 Å². The number of rotatable bonds is 4. The van der Waals surface area contributed by atoms with Crippen LogP contribution in [0.15, 0.2) is 77.7 Å². The summed E-state index contributed by atoms with van der Waals surface area (Å²) in [6, 6.07) is 16.7. The lowest BCUT2D eigenvalue weighted by Crippen LogP contribution is -2.29. The zero-order valence-corrected chi connectivity index (χ0v) is 18.3. The number of sulfonamides is 1. The molecule has 0 spiro atoms. The van der Waals surface area contributed by atoms with E-state index in [-0.39, 0.29) is 16.1 Å². The molecule has 0 saturated heterocycles. The summed E-state index contributed by atoms with van der Waals surface area (Å²) in [4.78, 5) is 19.0. The van der Waals surface area contributed by atoms with E-state index in [9.17, 15) is 26.4 Å². The lowest BCUT2D eigenvalue weighted by molar-refractivity contribution is -0.137. The predicted octanol–water partition coefficient (Wildman–Crippen LogP) is 4.52. The average Bonchev–Trinajstić information content (AvgIpc) is 3.37. The zero-order chi connectivity index (χ0) is 24.1. The van der Waals surface area contributed by atoms with Crippen LogP contribution in [0, 0.1) is 0 Å². The number of halogens is 3. The van der Waals surface area contributed by atoms with Gasteiger partial charge in [-0.05, 0) is 48.5 Å². The Morgan fingerprint density at radius 1 is 0.941 bits per heavy atom. The number of imidazole rings is 1. The van der Waals surface area contributed by atoms with Gasteiger partial charge in [0.05, 0.1) is 21.5 Å². The maximum atomic E-state index is 13.2. The molecule has 0 radical (unpaired) electrons. The van der Waals surface area contributed by atoms with Crippen molar-refractivity contribution < 1.29 is 26.4 Å². The summed E-state index contributed by atoms with van der Waals surface area (Å²) in [5.41, 5.74) is 0.548. The molecular weight excluding hydrogens is 469 g/mol. The van der Waals surface area contributed by atoms with Gasteiger partial charge in [-0.3, -0.25) is 14.4 Å². The van der Waals surface area contributed by atoms with Crippen molar-refractivity contribution in [3.05, 3.63) is 83.9 Å². The fourth-order valence-electron chi connectivity index (χ4n) is 3.91. The summed E-state index contributed by atoms with van der Waals surface area (Å²) in [7, 11) is -4.25. The average molecular weight is 486 g/mol. The molecule has 0 unspecified atom stereocenters. The number of carbonyl (C=O) groups excluding carboxylic acids is 1. The smallest absolute Gasteiger partial charge is 0.308 e. The first-order valence-electron chi connectivity index (χ1n) is 10.2. The molecule has 0 atom stereocenters. The Balaban J connectivity index is 1.43. The van der Waals surface area contributed by atoms with Crippen LogP contribution < -0.4 is 9.62 Å². The Labute approximate surface area is 192 Å². The van der Waals surface area contributed by atoms with Crippen LogP contribution in [0.5, 0.6) is 0 Å². The lowest BCUT2D eigenvalue weighted by atomic mass is 10.2. The number of anilines is 2. The quantitative estimate of drug-likeness (QED) is 0.460. The Hall–Kier alpha value is -3.86. The Kier molecular flexibility index (Phi) is 5.08. The molecule has 11 heteroatoms. The van der Waals surface area contributed by atoms with Crippen LogP contribution in [0.4, 0.5) is 24.8 Å². The van der Waals surface area contributed by atoms with E-state index in [1.165, 1.54) is 35.2 Å². The number of nitrogens with zero attached hydrogens (tertiary/aromatic N) is 3. The Bertz CT molecular complexity index is 1530. The maximum Gasteiger partial charge on any atom is 0.416 e. The maximum absolute atomic E-state index is 13.2. The van der Waals surface area contributed by atoms with Crippen LogP contribution >= 0.6 is 0 Å². The predicted molar refractivity (Wildman–Crippen MR) is 120 cm³/mol. The standard InChI is InChI=1S/C23H17F3N4O3S/c24-23(25,26)16-6-4-7-17(14-16)28-34(32,33)18-8-3-5-15(13-18)21(31)30-12-11-29-20-10-2-1-9-19(20)27-22(29)30/h1-10,13-14,28H,11-12H2. The first kappa shape index (κ1) is 22.0. The van der Waals surface area contributed by atoms with Gasteiger partial charge >= 0.3 is 6.18 Å². The van der Waals surface area contributed by atoms with Crippen LogP contribution in [-0.2, 0) is 22.7 Å². The van der Waals surface area contributed by atoms with E-state index in [0.717, 1.165) is 23.2 Å².